The van der Waals surface area contributed by atoms with E-state index in [1.165, 1.54) is 6.07 Å². The lowest BCUT2D eigenvalue weighted by Crippen LogP contribution is -2.04. The summed E-state index contributed by atoms with van der Waals surface area (Å²) in [6.07, 6.45) is 0. The molecule has 0 amide bonds. The minimum absolute atomic E-state index is 0.0941. The first kappa shape index (κ1) is 12.3. The third-order valence-electron chi connectivity index (χ3n) is 2.35. The molecule has 1 aromatic heterocycles. The molecule has 0 radical (unpaired) electrons. The molecule has 0 aliphatic rings. The summed E-state index contributed by atoms with van der Waals surface area (Å²) in [4.78, 5) is 10.6. The highest BCUT2D eigenvalue weighted by Crippen LogP contribution is 2.22. The lowest BCUT2D eigenvalue weighted by atomic mass is 10.2. The van der Waals surface area contributed by atoms with Crippen LogP contribution in [0.3, 0.4) is 0 Å². The second-order valence-corrected chi connectivity index (χ2v) is 4.13. The van der Waals surface area contributed by atoms with Crippen molar-refractivity contribution >= 4 is 29.1 Å². The molecule has 5 nitrogen and oxygen atoms in total. The first-order chi connectivity index (χ1) is 8.56. The van der Waals surface area contributed by atoms with Crippen molar-refractivity contribution in [1.82, 2.24) is 10.2 Å². The fraction of sp³-hybridized carbons (Fsp3) is 0.0833. The number of rotatable bonds is 3. The molecule has 18 heavy (non-hydrogen) atoms. The summed E-state index contributed by atoms with van der Waals surface area (Å²) in [5.74, 6) is -0.640. The number of nitrogens with zero attached hydrogens (tertiary/aromatic N) is 2. The van der Waals surface area contributed by atoms with E-state index in [1.54, 1.807) is 18.2 Å². The monoisotopic (exact) mass is 263 g/mol. The van der Waals surface area contributed by atoms with E-state index in [1.807, 2.05) is 13.0 Å². The van der Waals surface area contributed by atoms with Gasteiger partial charge in [-0.2, -0.15) is 0 Å². The van der Waals surface area contributed by atoms with Gasteiger partial charge in [0.15, 0.2) is 11.5 Å². The Morgan fingerprint density at radius 1 is 1.28 bits per heavy atom. The number of aryl methyl sites for hydroxylation is 1. The zero-order valence-corrected chi connectivity index (χ0v) is 10.3. The highest BCUT2D eigenvalue weighted by atomic mass is 35.5. The lowest BCUT2D eigenvalue weighted by molar-refractivity contribution is 0.0689. The molecular formula is C12H10ClN3O2. The van der Waals surface area contributed by atoms with Crippen molar-refractivity contribution in [3.8, 4) is 0 Å². The Balaban J connectivity index is 2.23. The summed E-state index contributed by atoms with van der Waals surface area (Å²) in [6, 6.07) is 8.38. The van der Waals surface area contributed by atoms with Gasteiger partial charge in [-0.05, 0) is 36.8 Å². The molecule has 0 fully saturated rings. The average Bonchev–Trinajstić information content (AvgIpc) is 2.34. The molecule has 0 aliphatic heterocycles. The van der Waals surface area contributed by atoms with Crippen LogP contribution in [-0.2, 0) is 0 Å². The quantitative estimate of drug-likeness (QED) is 0.891. The van der Waals surface area contributed by atoms with E-state index in [2.05, 4.69) is 15.5 Å². The van der Waals surface area contributed by atoms with Crippen LogP contribution in [0.2, 0.25) is 5.02 Å². The van der Waals surface area contributed by atoms with Gasteiger partial charge in [-0.1, -0.05) is 17.7 Å². The molecule has 6 heteroatoms. The summed E-state index contributed by atoms with van der Waals surface area (Å²) in [7, 11) is 0. The van der Waals surface area contributed by atoms with E-state index < -0.39 is 5.97 Å². The van der Waals surface area contributed by atoms with Crippen molar-refractivity contribution in [2.24, 2.45) is 0 Å². The molecular weight excluding hydrogens is 254 g/mol. The first-order valence-electron chi connectivity index (χ1n) is 5.16. The molecule has 2 N–H and O–H groups in total. The summed E-state index contributed by atoms with van der Waals surface area (Å²) < 4.78 is 0. The maximum absolute atomic E-state index is 10.6. The van der Waals surface area contributed by atoms with Crippen LogP contribution in [-0.4, -0.2) is 21.3 Å². The second-order valence-electron chi connectivity index (χ2n) is 3.69. The van der Waals surface area contributed by atoms with Crippen LogP contribution in [0.25, 0.3) is 0 Å². The molecule has 0 saturated carbocycles. The molecule has 2 rings (SSSR count). The third-order valence-corrected chi connectivity index (χ3v) is 2.58. The molecule has 2 aromatic rings. The maximum Gasteiger partial charge on any atom is 0.356 e. The number of anilines is 2. The number of aromatic carboxylic acids is 1. The second kappa shape index (κ2) is 5.01. The molecule has 0 atom stereocenters. The summed E-state index contributed by atoms with van der Waals surface area (Å²) in [5.41, 5.74) is 1.71. The number of carbonyl (C=O) groups is 1. The Morgan fingerprint density at radius 2 is 2.06 bits per heavy atom. The Morgan fingerprint density at radius 3 is 2.67 bits per heavy atom. The fourth-order valence-electron chi connectivity index (χ4n) is 1.38. The topological polar surface area (TPSA) is 75.1 Å². The van der Waals surface area contributed by atoms with Gasteiger partial charge in [0.1, 0.15) is 0 Å². The van der Waals surface area contributed by atoms with E-state index in [9.17, 15) is 4.79 Å². The van der Waals surface area contributed by atoms with Crippen molar-refractivity contribution in [1.29, 1.82) is 0 Å². The number of aromatic nitrogens is 2. The van der Waals surface area contributed by atoms with Crippen LogP contribution in [0, 0.1) is 6.92 Å². The van der Waals surface area contributed by atoms with Crippen LogP contribution < -0.4 is 5.32 Å². The minimum Gasteiger partial charge on any atom is -0.476 e. The highest BCUT2D eigenvalue weighted by molar-refractivity contribution is 6.30. The van der Waals surface area contributed by atoms with E-state index in [0.29, 0.717) is 10.8 Å². The van der Waals surface area contributed by atoms with E-state index in [4.69, 9.17) is 16.7 Å². The Hall–Kier alpha value is -2.14. The van der Waals surface area contributed by atoms with Crippen molar-refractivity contribution in [2.75, 3.05) is 5.32 Å². The van der Waals surface area contributed by atoms with Gasteiger partial charge in [0, 0.05) is 10.7 Å². The van der Waals surface area contributed by atoms with E-state index in [-0.39, 0.29) is 5.69 Å². The lowest BCUT2D eigenvalue weighted by Gasteiger charge is -2.08. The predicted molar refractivity (Wildman–Crippen MR) is 68.5 cm³/mol. The van der Waals surface area contributed by atoms with Gasteiger partial charge in [0.05, 0.1) is 0 Å². The van der Waals surface area contributed by atoms with Gasteiger partial charge < -0.3 is 10.4 Å². The smallest absolute Gasteiger partial charge is 0.356 e. The van der Waals surface area contributed by atoms with Crippen LogP contribution >= 0.6 is 11.6 Å². The van der Waals surface area contributed by atoms with Crippen LogP contribution in [0.4, 0.5) is 11.5 Å². The average molecular weight is 264 g/mol. The number of halogens is 1. The summed E-state index contributed by atoms with van der Waals surface area (Å²) >= 11 is 5.90. The minimum atomic E-state index is -1.10. The largest absolute Gasteiger partial charge is 0.476 e. The molecule has 0 saturated heterocycles. The van der Waals surface area contributed by atoms with Gasteiger partial charge in [-0.25, -0.2) is 4.79 Å². The Labute approximate surface area is 108 Å². The van der Waals surface area contributed by atoms with Crippen LogP contribution in [0.1, 0.15) is 16.1 Å². The molecule has 0 unspecified atom stereocenters. The Bertz CT molecular complexity index is 584. The standard InChI is InChI=1S/C12H10ClN3O2/c1-7-2-3-8(13)6-10(7)14-11-5-4-9(12(17)18)15-16-11/h2-6H,1H3,(H,14,16)(H,17,18). The number of nitrogens with one attached hydrogen (secondary N) is 1. The highest BCUT2D eigenvalue weighted by Gasteiger charge is 2.06. The van der Waals surface area contributed by atoms with Crippen molar-refractivity contribution in [3.63, 3.8) is 0 Å². The normalized spacial score (nSPS) is 10.1. The molecule has 0 aliphatic carbocycles. The predicted octanol–water partition coefficient (Wildman–Crippen LogP) is 2.88. The number of carboxylic acids is 1. The summed E-state index contributed by atoms with van der Waals surface area (Å²) in [5, 5.41) is 19.7. The number of hydrogen-bond acceptors (Lipinski definition) is 4. The van der Waals surface area contributed by atoms with Gasteiger partial charge in [0.2, 0.25) is 0 Å². The SMILES string of the molecule is Cc1ccc(Cl)cc1Nc1ccc(C(=O)O)nn1. The van der Waals surface area contributed by atoms with Gasteiger partial charge >= 0.3 is 5.97 Å². The van der Waals surface area contributed by atoms with Gasteiger partial charge in [-0.3, -0.25) is 0 Å². The van der Waals surface area contributed by atoms with Crippen molar-refractivity contribution in [2.45, 2.75) is 6.92 Å². The summed E-state index contributed by atoms with van der Waals surface area (Å²) in [6.45, 7) is 1.93. The maximum atomic E-state index is 10.6. The first-order valence-corrected chi connectivity index (χ1v) is 5.54. The van der Waals surface area contributed by atoms with Gasteiger partial charge in [-0.15, -0.1) is 10.2 Å². The van der Waals surface area contributed by atoms with Gasteiger partial charge in [0.25, 0.3) is 0 Å². The van der Waals surface area contributed by atoms with Crippen LogP contribution in [0.5, 0.6) is 0 Å². The van der Waals surface area contributed by atoms with Crippen molar-refractivity contribution in [3.05, 3.63) is 46.6 Å². The van der Waals surface area contributed by atoms with Crippen LogP contribution in [0.15, 0.2) is 30.3 Å². The zero-order chi connectivity index (χ0) is 13.1. The molecule has 0 spiro atoms. The third kappa shape index (κ3) is 2.75. The molecule has 1 aromatic carbocycles. The fourth-order valence-corrected chi connectivity index (χ4v) is 1.55. The molecule has 0 bridgehead atoms. The van der Waals surface area contributed by atoms with E-state index in [0.717, 1.165) is 11.3 Å². The zero-order valence-electron chi connectivity index (χ0n) is 9.51. The number of hydrogen-bond donors (Lipinski definition) is 2. The van der Waals surface area contributed by atoms with Crippen molar-refractivity contribution < 1.29 is 9.90 Å². The Kier molecular flexibility index (Phi) is 3.43. The number of carboxylic acid groups (broad SMARTS) is 1. The molecule has 1 heterocycles. The molecule has 92 valence electrons. The number of benzene rings is 1. The van der Waals surface area contributed by atoms with E-state index >= 15 is 0 Å².